The van der Waals surface area contributed by atoms with E-state index in [1.54, 1.807) is 23.4 Å². The van der Waals surface area contributed by atoms with Gasteiger partial charge in [-0.15, -0.1) is 0 Å². The maximum atomic E-state index is 14.3. The van der Waals surface area contributed by atoms with Gasteiger partial charge in [-0.05, 0) is 49.8 Å². The average Bonchev–Trinajstić information content (AvgIpc) is 3.49. The van der Waals surface area contributed by atoms with Crippen molar-refractivity contribution in [2.45, 2.75) is 38.4 Å². The van der Waals surface area contributed by atoms with Crippen molar-refractivity contribution in [1.29, 1.82) is 0 Å². The molecule has 1 atom stereocenters. The van der Waals surface area contributed by atoms with Gasteiger partial charge in [0.1, 0.15) is 0 Å². The number of rotatable bonds is 5. The third-order valence-electron chi connectivity index (χ3n) is 6.72. The van der Waals surface area contributed by atoms with E-state index in [4.69, 9.17) is 0 Å². The van der Waals surface area contributed by atoms with Crippen LogP contribution in [0, 0.1) is 18.2 Å². The number of pyridine rings is 1. The normalized spacial score (nSPS) is 18.7. The van der Waals surface area contributed by atoms with Gasteiger partial charge in [0.2, 0.25) is 0 Å². The lowest BCUT2D eigenvalue weighted by Gasteiger charge is -2.26. The van der Waals surface area contributed by atoms with E-state index < -0.39 is 17.6 Å². The number of anilines is 1. The van der Waals surface area contributed by atoms with Crippen LogP contribution in [-0.4, -0.2) is 44.9 Å². The molecule has 10 heteroatoms. The van der Waals surface area contributed by atoms with Crippen LogP contribution in [0.2, 0.25) is 0 Å². The summed E-state index contributed by atoms with van der Waals surface area (Å²) < 4.78 is 52.8. The van der Waals surface area contributed by atoms with E-state index >= 15 is 0 Å². The molecule has 1 aliphatic heterocycles. The van der Waals surface area contributed by atoms with E-state index in [2.05, 4.69) is 20.3 Å². The fraction of sp³-hybridized carbons (Fsp3) is 0.360. The average molecular weight is 485 g/mol. The molecule has 2 aromatic heterocycles. The Kier molecular flexibility index (Phi) is 5.69. The molecule has 0 unspecified atom stereocenters. The Morgan fingerprint density at radius 3 is 2.57 bits per heavy atom. The minimum atomic E-state index is -4.67. The third kappa shape index (κ3) is 4.69. The number of hydrogen-bond acceptors (Lipinski definition) is 5. The molecule has 3 aromatic rings. The molecule has 1 aliphatic carbocycles. The van der Waals surface area contributed by atoms with Gasteiger partial charge in [-0.3, -0.25) is 4.79 Å². The second-order valence-corrected chi connectivity index (χ2v) is 9.35. The van der Waals surface area contributed by atoms with Crippen LogP contribution in [0.1, 0.15) is 40.7 Å². The summed E-state index contributed by atoms with van der Waals surface area (Å²) in [5, 5.41) is 2.82. The van der Waals surface area contributed by atoms with Gasteiger partial charge in [-0.2, -0.15) is 13.2 Å². The summed E-state index contributed by atoms with van der Waals surface area (Å²) in [5.74, 6) is -1.08. The molecule has 182 valence electrons. The molecule has 1 saturated carbocycles. The molecular formula is C25H23F4N5O. The summed E-state index contributed by atoms with van der Waals surface area (Å²) in [6.45, 7) is 2.65. The van der Waals surface area contributed by atoms with E-state index in [1.165, 1.54) is 0 Å². The highest BCUT2D eigenvalue weighted by Gasteiger charge is 2.53. The second-order valence-electron chi connectivity index (χ2n) is 9.35. The summed E-state index contributed by atoms with van der Waals surface area (Å²) >= 11 is 0. The standard InChI is InChI=1S/C25H23F4N5O/c1-15-3-4-18(21-30-7-2-8-31-21)19(9-15)23(35)34-14-24(5-6-24)11-17(34)13-33-22-20(26)10-16(12-32-22)25(27,28)29/h2-4,7-10,12,17H,5-6,11,13-14H2,1H3,(H,32,33)/t17-/m0/s1. The molecule has 1 aromatic carbocycles. The molecule has 1 N–H and O–H groups in total. The largest absolute Gasteiger partial charge is 0.417 e. The number of aromatic nitrogens is 3. The van der Waals surface area contributed by atoms with E-state index in [0.717, 1.165) is 24.8 Å². The predicted molar refractivity (Wildman–Crippen MR) is 121 cm³/mol. The molecule has 1 saturated heterocycles. The van der Waals surface area contributed by atoms with Crippen LogP contribution >= 0.6 is 0 Å². The fourth-order valence-electron chi connectivity index (χ4n) is 4.68. The SMILES string of the molecule is Cc1ccc(-c2ncccn2)c(C(=O)N2CC3(CC3)C[C@H]2CNc2ncc(C(F)(F)F)cc2F)c1. The van der Waals surface area contributed by atoms with Crippen molar-refractivity contribution in [3.8, 4) is 11.4 Å². The maximum absolute atomic E-state index is 14.3. The molecule has 35 heavy (non-hydrogen) atoms. The van der Waals surface area contributed by atoms with Crippen molar-refractivity contribution < 1.29 is 22.4 Å². The van der Waals surface area contributed by atoms with Crippen LogP contribution in [0.4, 0.5) is 23.4 Å². The van der Waals surface area contributed by atoms with Crippen molar-refractivity contribution in [2.75, 3.05) is 18.4 Å². The van der Waals surface area contributed by atoms with Gasteiger partial charge in [-0.1, -0.05) is 17.7 Å². The smallest absolute Gasteiger partial charge is 0.366 e. The van der Waals surface area contributed by atoms with E-state index in [0.29, 0.717) is 35.8 Å². The molecule has 5 rings (SSSR count). The Labute approximate surface area is 199 Å². The van der Waals surface area contributed by atoms with Gasteiger partial charge < -0.3 is 10.2 Å². The minimum absolute atomic E-state index is 0.0430. The maximum Gasteiger partial charge on any atom is 0.417 e. The summed E-state index contributed by atoms with van der Waals surface area (Å²) in [4.78, 5) is 27.8. The quantitative estimate of drug-likeness (QED) is 0.509. The number of hydrogen-bond donors (Lipinski definition) is 1. The Morgan fingerprint density at radius 1 is 1.17 bits per heavy atom. The van der Waals surface area contributed by atoms with Crippen molar-refractivity contribution in [1.82, 2.24) is 19.9 Å². The van der Waals surface area contributed by atoms with Gasteiger partial charge in [0.15, 0.2) is 17.5 Å². The van der Waals surface area contributed by atoms with Crippen LogP contribution in [-0.2, 0) is 6.18 Å². The number of alkyl halides is 3. The number of likely N-dealkylation sites (tertiary alicyclic amines) is 1. The van der Waals surface area contributed by atoms with Crippen molar-refractivity contribution in [2.24, 2.45) is 5.41 Å². The van der Waals surface area contributed by atoms with E-state index in [9.17, 15) is 22.4 Å². The number of amides is 1. The molecule has 3 heterocycles. The van der Waals surface area contributed by atoms with Crippen LogP contribution in [0.5, 0.6) is 0 Å². The first kappa shape index (κ1) is 23.2. The number of benzene rings is 1. The van der Waals surface area contributed by atoms with Crippen LogP contribution in [0.25, 0.3) is 11.4 Å². The summed E-state index contributed by atoms with van der Waals surface area (Å²) in [6.07, 6.45) is 1.90. The number of carbonyl (C=O) groups is 1. The molecule has 1 amide bonds. The number of carbonyl (C=O) groups excluding carboxylic acids is 1. The molecule has 2 fully saturated rings. The first-order chi connectivity index (χ1) is 16.7. The highest BCUT2D eigenvalue weighted by molar-refractivity contribution is 6.00. The highest BCUT2D eigenvalue weighted by Crippen LogP contribution is 2.55. The second kappa shape index (κ2) is 8.58. The highest BCUT2D eigenvalue weighted by atomic mass is 19.4. The van der Waals surface area contributed by atoms with Crippen molar-refractivity contribution in [3.63, 3.8) is 0 Å². The predicted octanol–water partition coefficient (Wildman–Crippen LogP) is 5.11. The topological polar surface area (TPSA) is 71.0 Å². The summed E-state index contributed by atoms with van der Waals surface area (Å²) in [5.41, 5.74) is 0.920. The lowest BCUT2D eigenvalue weighted by molar-refractivity contribution is -0.138. The van der Waals surface area contributed by atoms with Crippen molar-refractivity contribution >= 4 is 11.7 Å². The first-order valence-corrected chi connectivity index (χ1v) is 11.3. The van der Waals surface area contributed by atoms with Crippen molar-refractivity contribution in [3.05, 3.63) is 71.4 Å². The Balaban J connectivity index is 1.39. The number of nitrogens with zero attached hydrogens (tertiary/aromatic N) is 4. The minimum Gasteiger partial charge on any atom is -0.366 e. The van der Waals surface area contributed by atoms with Gasteiger partial charge >= 0.3 is 6.18 Å². The zero-order chi connectivity index (χ0) is 24.8. The molecule has 6 nitrogen and oxygen atoms in total. The Bertz CT molecular complexity index is 1260. The lowest BCUT2D eigenvalue weighted by Crippen LogP contribution is -2.40. The van der Waals surface area contributed by atoms with Gasteiger partial charge in [0.25, 0.3) is 5.91 Å². The summed E-state index contributed by atoms with van der Waals surface area (Å²) in [7, 11) is 0. The van der Waals surface area contributed by atoms with Crippen LogP contribution in [0.3, 0.4) is 0 Å². The molecule has 1 spiro atoms. The fourth-order valence-corrected chi connectivity index (χ4v) is 4.68. The van der Waals surface area contributed by atoms with E-state index in [1.807, 2.05) is 25.1 Å². The number of aryl methyl sites for hydroxylation is 1. The first-order valence-electron chi connectivity index (χ1n) is 11.3. The molecular weight excluding hydrogens is 462 g/mol. The van der Waals surface area contributed by atoms with Gasteiger partial charge in [0.05, 0.1) is 11.1 Å². The van der Waals surface area contributed by atoms with Crippen LogP contribution < -0.4 is 5.32 Å². The molecule has 2 aliphatic rings. The number of nitrogens with one attached hydrogen (secondary N) is 1. The summed E-state index contributed by atoms with van der Waals surface area (Å²) in [6, 6.07) is 7.40. The number of halogens is 4. The van der Waals surface area contributed by atoms with Gasteiger partial charge in [0, 0.05) is 43.3 Å². The van der Waals surface area contributed by atoms with Crippen LogP contribution in [0.15, 0.2) is 48.9 Å². The lowest BCUT2D eigenvalue weighted by atomic mass is 10.0. The zero-order valence-electron chi connectivity index (χ0n) is 18.9. The third-order valence-corrected chi connectivity index (χ3v) is 6.72. The Hall–Kier alpha value is -3.56. The monoisotopic (exact) mass is 485 g/mol. The zero-order valence-corrected chi connectivity index (χ0v) is 18.9. The van der Waals surface area contributed by atoms with Gasteiger partial charge in [-0.25, -0.2) is 19.3 Å². The van der Waals surface area contributed by atoms with E-state index in [-0.39, 0.29) is 29.7 Å². The molecule has 0 radical (unpaired) electrons. The molecule has 0 bridgehead atoms. The Morgan fingerprint density at radius 2 is 1.91 bits per heavy atom.